The summed E-state index contributed by atoms with van der Waals surface area (Å²) in [5, 5.41) is 3.11. The quantitative estimate of drug-likeness (QED) is 0.785. The van der Waals surface area contributed by atoms with Crippen LogP contribution in [0.4, 0.5) is 17.6 Å². The lowest BCUT2D eigenvalue weighted by Crippen LogP contribution is -2.54. The van der Waals surface area contributed by atoms with Crippen LogP contribution in [-0.2, 0) is 4.79 Å². The summed E-state index contributed by atoms with van der Waals surface area (Å²) in [6.07, 6.45) is -1.26. The van der Waals surface area contributed by atoms with Crippen molar-refractivity contribution in [2.45, 2.75) is 57.5 Å². The highest BCUT2D eigenvalue weighted by molar-refractivity contribution is 5.84. The molecule has 0 aromatic rings. The molecule has 0 aliphatic carbocycles. The molecule has 3 nitrogen and oxygen atoms in total. The molecule has 0 bridgehead atoms. The normalized spacial score (nSPS) is 20.9. The zero-order chi connectivity index (χ0) is 14.6. The van der Waals surface area contributed by atoms with E-state index in [0.717, 1.165) is 30.7 Å². The van der Waals surface area contributed by atoms with Gasteiger partial charge in [0, 0.05) is 18.6 Å². The molecule has 0 saturated carbocycles. The molecule has 1 aliphatic heterocycles. The Balaban J connectivity index is 2.73. The van der Waals surface area contributed by atoms with Crippen LogP contribution in [0.15, 0.2) is 0 Å². The van der Waals surface area contributed by atoms with E-state index in [4.69, 9.17) is 0 Å². The van der Waals surface area contributed by atoms with Crippen molar-refractivity contribution < 1.29 is 22.4 Å². The third-order valence-electron chi connectivity index (χ3n) is 3.27. The van der Waals surface area contributed by atoms with Gasteiger partial charge in [0.15, 0.2) is 0 Å². The molecule has 1 fully saturated rings. The van der Waals surface area contributed by atoms with Crippen molar-refractivity contribution in [1.82, 2.24) is 10.2 Å². The largest absolute Gasteiger partial charge is 0.383 e. The minimum Gasteiger partial charge on any atom is -0.333 e. The van der Waals surface area contributed by atoms with Gasteiger partial charge < -0.3 is 10.2 Å². The molecule has 1 heterocycles. The Morgan fingerprint density at radius 2 is 2.00 bits per heavy atom. The summed E-state index contributed by atoms with van der Waals surface area (Å²) in [5.41, 5.74) is 0. The average Bonchev–Trinajstić information content (AvgIpc) is 2.35. The van der Waals surface area contributed by atoms with E-state index >= 15 is 0 Å². The number of hydrogen-bond donors (Lipinski definition) is 1. The zero-order valence-electron chi connectivity index (χ0n) is 11.1. The molecule has 1 amide bonds. The van der Waals surface area contributed by atoms with E-state index in [9.17, 15) is 22.4 Å². The van der Waals surface area contributed by atoms with E-state index in [1.54, 1.807) is 13.8 Å². The van der Waals surface area contributed by atoms with Gasteiger partial charge in [-0.2, -0.15) is 8.78 Å². The predicted octanol–water partition coefficient (Wildman–Crippen LogP) is 2.27. The summed E-state index contributed by atoms with van der Waals surface area (Å²) >= 11 is 0. The lowest BCUT2D eigenvalue weighted by atomic mass is 10.0. The number of nitrogens with one attached hydrogen (secondary N) is 1. The average molecular weight is 284 g/mol. The Labute approximate surface area is 110 Å². The fourth-order valence-corrected chi connectivity index (χ4v) is 2.13. The van der Waals surface area contributed by atoms with Crippen LogP contribution in [0.3, 0.4) is 0 Å². The molecule has 1 atom stereocenters. The van der Waals surface area contributed by atoms with Crippen LogP contribution in [-0.4, -0.2) is 48.3 Å². The predicted molar refractivity (Wildman–Crippen MR) is 63.4 cm³/mol. The molecular weight excluding hydrogens is 264 g/mol. The molecule has 0 radical (unpaired) electrons. The van der Waals surface area contributed by atoms with Crippen molar-refractivity contribution in [2.75, 3.05) is 13.1 Å². The van der Waals surface area contributed by atoms with Crippen molar-refractivity contribution in [2.24, 2.45) is 0 Å². The van der Waals surface area contributed by atoms with Gasteiger partial charge >= 0.3 is 12.3 Å². The van der Waals surface area contributed by atoms with Crippen molar-refractivity contribution in [3.63, 3.8) is 0 Å². The molecule has 0 aromatic carbocycles. The Hall–Kier alpha value is -0.850. The van der Waals surface area contributed by atoms with E-state index in [0.29, 0.717) is 0 Å². The maximum atomic E-state index is 13.1. The van der Waals surface area contributed by atoms with E-state index in [1.807, 2.05) is 0 Å². The Morgan fingerprint density at radius 3 is 2.42 bits per heavy atom. The summed E-state index contributed by atoms with van der Waals surface area (Å²) < 4.78 is 50.8. The number of hydrogen-bond acceptors (Lipinski definition) is 2. The lowest BCUT2D eigenvalue weighted by molar-refractivity contribution is -0.182. The highest BCUT2D eigenvalue weighted by atomic mass is 19.3. The topological polar surface area (TPSA) is 32.3 Å². The molecule has 1 saturated heterocycles. The maximum absolute atomic E-state index is 13.1. The van der Waals surface area contributed by atoms with Crippen molar-refractivity contribution in [3.05, 3.63) is 0 Å². The van der Waals surface area contributed by atoms with Gasteiger partial charge in [-0.05, 0) is 33.2 Å². The molecule has 1 rings (SSSR count). The summed E-state index contributed by atoms with van der Waals surface area (Å²) in [7, 11) is 0. The Morgan fingerprint density at radius 1 is 1.37 bits per heavy atom. The third-order valence-corrected chi connectivity index (χ3v) is 3.27. The van der Waals surface area contributed by atoms with Gasteiger partial charge in [-0.15, -0.1) is 0 Å². The van der Waals surface area contributed by atoms with Gasteiger partial charge in [0.25, 0.3) is 5.91 Å². The SMILES string of the molecule is CC(C)N(CC1CCCCN1)C(=O)C(F)(F)C(F)F. The minimum absolute atomic E-state index is 0.0405. The van der Waals surface area contributed by atoms with Crippen molar-refractivity contribution >= 4 is 5.91 Å². The highest BCUT2D eigenvalue weighted by Gasteiger charge is 2.51. The van der Waals surface area contributed by atoms with Gasteiger partial charge in [-0.3, -0.25) is 4.79 Å². The molecule has 1 N–H and O–H groups in total. The van der Waals surface area contributed by atoms with Gasteiger partial charge in [0.1, 0.15) is 0 Å². The van der Waals surface area contributed by atoms with Gasteiger partial charge in [-0.1, -0.05) is 6.42 Å². The van der Waals surface area contributed by atoms with Gasteiger partial charge in [0.2, 0.25) is 0 Å². The summed E-state index contributed by atoms with van der Waals surface area (Å²) in [5.74, 6) is -6.40. The van der Waals surface area contributed by atoms with Crippen LogP contribution < -0.4 is 5.32 Å². The first-order valence-electron chi connectivity index (χ1n) is 6.47. The number of alkyl halides is 4. The third kappa shape index (κ3) is 4.06. The summed E-state index contributed by atoms with van der Waals surface area (Å²) in [4.78, 5) is 12.4. The standard InChI is InChI=1S/C12H20F4N2O/c1-8(2)18(7-9-5-3-4-6-17-9)11(19)12(15,16)10(13)14/h8-10,17H,3-7H2,1-2H3. The second-order valence-corrected chi connectivity index (χ2v) is 5.12. The number of amides is 1. The number of rotatable bonds is 5. The van der Waals surface area contributed by atoms with Crippen LogP contribution in [0.25, 0.3) is 0 Å². The minimum atomic E-state index is -4.61. The molecule has 19 heavy (non-hydrogen) atoms. The number of carbonyl (C=O) groups is 1. The lowest BCUT2D eigenvalue weighted by Gasteiger charge is -2.34. The van der Waals surface area contributed by atoms with E-state index in [2.05, 4.69) is 5.32 Å². The molecule has 7 heteroatoms. The maximum Gasteiger partial charge on any atom is 0.383 e. The first-order chi connectivity index (χ1) is 8.76. The molecule has 1 aliphatic rings. The van der Waals surface area contributed by atoms with Crippen molar-refractivity contribution in [1.29, 1.82) is 0 Å². The van der Waals surface area contributed by atoms with Crippen LogP contribution in [0.2, 0.25) is 0 Å². The van der Waals surface area contributed by atoms with Gasteiger partial charge in [0.05, 0.1) is 0 Å². The van der Waals surface area contributed by atoms with Crippen LogP contribution in [0.1, 0.15) is 33.1 Å². The van der Waals surface area contributed by atoms with Crippen LogP contribution in [0.5, 0.6) is 0 Å². The van der Waals surface area contributed by atoms with Crippen LogP contribution in [0, 0.1) is 0 Å². The zero-order valence-corrected chi connectivity index (χ0v) is 11.1. The number of carbonyl (C=O) groups excluding carboxylic acids is 1. The second-order valence-electron chi connectivity index (χ2n) is 5.12. The first kappa shape index (κ1) is 16.2. The molecule has 1 unspecified atom stereocenters. The molecular formula is C12H20F4N2O. The first-order valence-corrected chi connectivity index (χ1v) is 6.47. The fourth-order valence-electron chi connectivity index (χ4n) is 2.13. The van der Waals surface area contributed by atoms with E-state index in [-0.39, 0.29) is 12.6 Å². The number of piperidine rings is 1. The summed E-state index contributed by atoms with van der Waals surface area (Å²) in [6, 6.07) is -0.644. The summed E-state index contributed by atoms with van der Waals surface area (Å²) in [6.45, 7) is 3.89. The fraction of sp³-hybridized carbons (Fsp3) is 0.917. The molecule has 112 valence electrons. The van der Waals surface area contributed by atoms with E-state index < -0.39 is 24.3 Å². The molecule has 0 spiro atoms. The smallest absolute Gasteiger partial charge is 0.333 e. The number of halogens is 4. The van der Waals surface area contributed by atoms with E-state index in [1.165, 1.54) is 0 Å². The van der Waals surface area contributed by atoms with Crippen molar-refractivity contribution in [3.8, 4) is 0 Å². The van der Waals surface area contributed by atoms with Crippen LogP contribution >= 0.6 is 0 Å². The molecule has 0 aromatic heterocycles. The number of nitrogens with zero attached hydrogens (tertiary/aromatic N) is 1. The monoisotopic (exact) mass is 284 g/mol. The van der Waals surface area contributed by atoms with Gasteiger partial charge in [-0.25, -0.2) is 8.78 Å². The highest BCUT2D eigenvalue weighted by Crippen LogP contribution is 2.26. The Kier molecular flexibility index (Phi) is 5.58. The Bertz CT molecular complexity index is 304. The second kappa shape index (κ2) is 6.54.